The van der Waals surface area contributed by atoms with Gasteiger partial charge in [0.25, 0.3) is 0 Å². The summed E-state index contributed by atoms with van der Waals surface area (Å²) in [7, 11) is 0. The van der Waals surface area contributed by atoms with Crippen molar-refractivity contribution in [3.05, 3.63) is 35.4 Å². The molecule has 1 aliphatic rings. The predicted molar refractivity (Wildman–Crippen MR) is 66.3 cm³/mol. The zero-order chi connectivity index (χ0) is 11.4. The fourth-order valence-corrected chi connectivity index (χ4v) is 2.33. The molecule has 0 atom stereocenters. The monoisotopic (exact) mass is 219 g/mol. The van der Waals surface area contributed by atoms with Gasteiger partial charge < -0.3 is 10.4 Å². The van der Waals surface area contributed by atoms with Gasteiger partial charge in [0.1, 0.15) is 0 Å². The average molecular weight is 219 g/mol. The Morgan fingerprint density at radius 1 is 1.25 bits per heavy atom. The SMILES string of the molecule is Cc1ccc(CNC2(CCO)CCC2)cc1. The van der Waals surface area contributed by atoms with Crippen LogP contribution in [0, 0.1) is 6.92 Å². The van der Waals surface area contributed by atoms with Crippen LogP contribution in [0.3, 0.4) is 0 Å². The number of hydrogen-bond acceptors (Lipinski definition) is 2. The van der Waals surface area contributed by atoms with Crippen LogP contribution >= 0.6 is 0 Å². The van der Waals surface area contributed by atoms with Gasteiger partial charge >= 0.3 is 0 Å². The number of hydrogen-bond donors (Lipinski definition) is 2. The van der Waals surface area contributed by atoms with Gasteiger partial charge in [0.15, 0.2) is 0 Å². The third-order valence-corrected chi connectivity index (χ3v) is 3.69. The quantitative estimate of drug-likeness (QED) is 0.797. The van der Waals surface area contributed by atoms with E-state index in [0.29, 0.717) is 6.61 Å². The van der Waals surface area contributed by atoms with Gasteiger partial charge in [-0.25, -0.2) is 0 Å². The largest absolute Gasteiger partial charge is 0.396 e. The number of aliphatic hydroxyl groups is 1. The lowest BCUT2D eigenvalue weighted by Crippen LogP contribution is -2.51. The van der Waals surface area contributed by atoms with Crippen molar-refractivity contribution in [2.75, 3.05) is 6.61 Å². The van der Waals surface area contributed by atoms with Gasteiger partial charge in [-0.15, -0.1) is 0 Å². The summed E-state index contributed by atoms with van der Waals surface area (Å²) in [5.74, 6) is 0. The second-order valence-electron chi connectivity index (χ2n) is 4.95. The molecular formula is C14H21NO. The molecule has 2 N–H and O–H groups in total. The van der Waals surface area contributed by atoms with Gasteiger partial charge in [-0.3, -0.25) is 0 Å². The summed E-state index contributed by atoms with van der Waals surface area (Å²) in [6.07, 6.45) is 4.60. The molecule has 88 valence electrons. The fraction of sp³-hybridized carbons (Fsp3) is 0.571. The third kappa shape index (κ3) is 2.63. The van der Waals surface area contributed by atoms with E-state index in [0.717, 1.165) is 13.0 Å². The predicted octanol–water partition coefficient (Wildman–Crippen LogP) is 2.39. The number of nitrogens with one attached hydrogen (secondary N) is 1. The molecule has 0 spiro atoms. The van der Waals surface area contributed by atoms with Gasteiger partial charge in [0, 0.05) is 18.7 Å². The molecule has 2 nitrogen and oxygen atoms in total. The topological polar surface area (TPSA) is 32.3 Å². The summed E-state index contributed by atoms with van der Waals surface area (Å²) in [6, 6.07) is 8.65. The van der Waals surface area contributed by atoms with E-state index >= 15 is 0 Å². The van der Waals surface area contributed by atoms with E-state index in [9.17, 15) is 0 Å². The highest BCUT2D eigenvalue weighted by molar-refractivity contribution is 5.21. The Labute approximate surface area is 97.7 Å². The fourth-order valence-electron chi connectivity index (χ4n) is 2.33. The van der Waals surface area contributed by atoms with Gasteiger partial charge in [-0.2, -0.15) is 0 Å². The van der Waals surface area contributed by atoms with Crippen molar-refractivity contribution in [3.8, 4) is 0 Å². The van der Waals surface area contributed by atoms with Crippen LogP contribution < -0.4 is 5.32 Å². The molecule has 2 heteroatoms. The van der Waals surface area contributed by atoms with Crippen molar-refractivity contribution in [3.63, 3.8) is 0 Å². The molecule has 0 aliphatic heterocycles. The molecule has 0 aromatic heterocycles. The Morgan fingerprint density at radius 2 is 1.94 bits per heavy atom. The first kappa shape index (κ1) is 11.6. The molecule has 1 aromatic rings. The van der Waals surface area contributed by atoms with Crippen molar-refractivity contribution in [2.24, 2.45) is 0 Å². The molecule has 1 aliphatic carbocycles. The van der Waals surface area contributed by atoms with Crippen molar-refractivity contribution in [1.29, 1.82) is 0 Å². The van der Waals surface area contributed by atoms with E-state index < -0.39 is 0 Å². The summed E-state index contributed by atoms with van der Waals surface area (Å²) in [6.45, 7) is 3.32. The second-order valence-corrected chi connectivity index (χ2v) is 4.95. The molecule has 0 bridgehead atoms. The zero-order valence-corrected chi connectivity index (χ0v) is 10.00. The molecular weight excluding hydrogens is 198 g/mol. The van der Waals surface area contributed by atoms with E-state index in [1.807, 2.05) is 0 Å². The van der Waals surface area contributed by atoms with Crippen LogP contribution in [0.2, 0.25) is 0 Å². The van der Waals surface area contributed by atoms with Crippen LogP contribution in [-0.4, -0.2) is 17.3 Å². The Hall–Kier alpha value is -0.860. The lowest BCUT2D eigenvalue weighted by Gasteiger charge is -2.42. The Balaban J connectivity index is 1.88. The molecule has 16 heavy (non-hydrogen) atoms. The summed E-state index contributed by atoms with van der Waals surface area (Å²) in [4.78, 5) is 0. The second kappa shape index (κ2) is 4.98. The highest BCUT2D eigenvalue weighted by atomic mass is 16.3. The van der Waals surface area contributed by atoms with Gasteiger partial charge in [-0.1, -0.05) is 29.8 Å². The summed E-state index contributed by atoms with van der Waals surface area (Å²) in [5.41, 5.74) is 2.85. The van der Waals surface area contributed by atoms with Gasteiger partial charge in [0.05, 0.1) is 0 Å². The summed E-state index contributed by atoms with van der Waals surface area (Å²) >= 11 is 0. The molecule has 0 amide bonds. The molecule has 1 fully saturated rings. The van der Waals surface area contributed by atoms with Crippen molar-refractivity contribution in [1.82, 2.24) is 5.32 Å². The molecule has 1 saturated carbocycles. The smallest absolute Gasteiger partial charge is 0.0448 e. The van der Waals surface area contributed by atoms with Gasteiger partial charge in [-0.05, 0) is 38.2 Å². The molecule has 0 heterocycles. The van der Waals surface area contributed by atoms with Gasteiger partial charge in [0.2, 0.25) is 0 Å². The highest BCUT2D eigenvalue weighted by Crippen LogP contribution is 2.34. The van der Waals surface area contributed by atoms with Crippen LogP contribution in [0.15, 0.2) is 24.3 Å². The number of aryl methyl sites for hydroxylation is 1. The highest BCUT2D eigenvalue weighted by Gasteiger charge is 2.35. The lowest BCUT2D eigenvalue weighted by molar-refractivity contribution is 0.130. The summed E-state index contributed by atoms with van der Waals surface area (Å²) < 4.78 is 0. The van der Waals surface area contributed by atoms with Crippen molar-refractivity contribution < 1.29 is 5.11 Å². The van der Waals surface area contributed by atoms with E-state index in [1.54, 1.807) is 0 Å². The number of rotatable bonds is 5. The average Bonchev–Trinajstić information content (AvgIpc) is 2.24. The molecule has 0 unspecified atom stereocenters. The maximum atomic E-state index is 9.06. The van der Waals surface area contributed by atoms with Crippen LogP contribution in [0.4, 0.5) is 0 Å². The Kier molecular flexibility index (Phi) is 3.62. The van der Waals surface area contributed by atoms with E-state index in [-0.39, 0.29) is 5.54 Å². The first-order chi connectivity index (χ1) is 7.74. The van der Waals surface area contributed by atoms with E-state index in [4.69, 9.17) is 5.11 Å². The van der Waals surface area contributed by atoms with E-state index in [1.165, 1.54) is 30.4 Å². The van der Waals surface area contributed by atoms with E-state index in [2.05, 4.69) is 36.5 Å². The maximum absolute atomic E-state index is 9.06. The maximum Gasteiger partial charge on any atom is 0.0448 e. The van der Waals surface area contributed by atoms with Crippen molar-refractivity contribution in [2.45, 2.75) is 44.7 Å². The Bertz CT molecular complexity index is 327. The minimum absolute atomic E-state index is 0.222. The van der Waals surface area contributed by atoms with Crippen LogP contribution in [0.5, 0.6) is 0 Å². The minimum atomic E-state index is 0.222. The van der Waals surface area contributed by atoms with Crippen LogP contribution in [0.1, 0.15) is 36.8 Å². The first-order valence-electron chi connectivity index (χ1n) is 6.16. The standard InChI is InChI=1S/C14H21NO/c1-12-3-5-13(6-4-12)11-15-14(9-10-16)7-2-8-14/h3-6,15-16H,2,7-11H2,1H3. The first-order valence-corrected chi connectivity index (χ1v) is 6.16. The van der Waals surface area contributed by atoms with Crippen LogP contribution in [-0.2, 0) is 6.54 Å². The summed E-state index contributed by atoms with van der Waals surface area (Å²) in [5, 5.41) is 12.7. The zero-order valence-electron chi connectivity index (χ0n) is 10.00. The molecule has 0 radical (unpaired) electrons. The lowest BCUT2D eigenvalue weighted by atomic mass is 9.74. The normalized spacial score (nSPS) is 18.1. The Morgan fingerprint density at radius 3 is 2.44 bits per heavy atom. The number of benzene rings is 1. The molecule has 1 aromatic carbocycles. The molecule has 0 saturated heterocycles. The molecule has 2 rings (SSSR count). The van der Waals surface area contributed by atoms with Crippen molar-refractivity contribution >= 4 is 0 Å². The number of aliphatic hydroxyl groups excluding tert-OH is 1. The third-order valence-electron chi connectivity index (χ3n) is 3.69. The van der Waals surface area contributed by atoms with Crippen LogP contribution in [0.25, 0.3) is 0 Å². The minimum Gasteiger partial charge on any atom is -0.396 e.